The molecule has 0 spiro atoms. The average molecular weight is 417 g/mol. The van der Waals surface area contributed by atoms with Gasteiger partial charge in [0.1, 0.15) is 22.7 Å². The van der Waals surface area contributed by atoms with Crippen molar-refractivity contribution < 1.29 is 9.53 Å². The number of hydrogen-bond donors (Lipinski definition) is 0. The molecule has 0 bridgehead atoms. The van der Waals surface area contributed by atoms with Gasteiger partial charge in [0, 0.05) is 31.2 Å². The van der Waals surface area contributed by atoms with E-state index >= 15 is 0 Å². The maximum absolute atomic E-state index is 13.0. The fourth-order valence-electron chi connectivity index (χ4n) is 3.37. The molecule has 0 N–H and O–H groups in total. The minimum Gasteiger partial charge on any atom is -0.478 e. The van der Waals surface area contributed by atoms with Gasteiger partial charge in [-0.1, -0.05) is 11.6 Å². The highest BCUT2D eigenvalue weighted by molar-refractivity contribution is 7.16. The normalized spacial score (nSPS) is 15.1. The summed E-state index contributed by atoms with van der Waals surface area (Å²) in [6.07, 6.45) is 1.61. The maximum Gasteiger partial charge on any atom is 0.266 e. The van der Waals surface area contributed by atoms with Gasteiger partial charge in [0.15, 0.2) is 5.60 Å². The lowest BCUT2D eigenvalue weighted by Gasteiger charge is -2.39. The summed E-state index contributed by atoms with van der Waals surface area (Å²) in [7, 11) is 0. The van der Waals surface area contributed by atoms with Crippen molar-refractivity contribution in [3.8, 4) is 5.75 Å². The second kappa shape index (κ2) is 7.56. The summed E-state index contributed by atoms with van der Waals surface area (Å²) >= 11 is 7.53. The number of nitrogens with zero attached hydrogens (tertiary/aromatic N) is 4. The monoisotopic (exact) mass is 416 g/mol. The van der Waals surface area contributed by atoms with E-state index in [4.69, 9.17) is 16.3 Å². The van der Waals surface area contributed by atoms with Crippen LogP contribution in [-0.2, 0) is 4.79 Å². The van der Waals surface area contributed by atoms with Crippen LogP contribution in [0.25, 0.3) is 10.2 Å². The van der Waals surface area contributed by atoms with Crippen LogP contribution in [0.1, 0.15) is 13.8 Å². The van der Waals surface area contributed by atoms with Gasteiger partial charge in [-0.25, -0.2) is 9.97 Å². The maximum atomic E-state index is 13.0. The average Bonchev–Trinajstić information content (AvgIpc) is 3.18. The number of carbonyl (C=O) groups excluding carboxylic acids is 1. The van der Waals surface area contributed by atoms with Crippen molar-refractivity contribution >= 4 is 44.9 Å². The quantitative estimate of drug-likeness (QED) is 0.646. The highest BCUT2D eigenvalue weighted by atomic mass is 35.5. The standard InChI is InChI=1S/C20H21ClN4O2S/c1-20(2,27-15-5-3-14(21)4-6-15)19(26)25-10-8-24(9-11-25)17-16-7-12-28-18(16)23-13-22-17/h3-7,12-13H,8-11H2,1-2H3. The Kier molecular flexibility index (Phi) is 5.12. The fourth-order valence-corrected chi connectivity index (χ4v) is 4.23. The molecule has 0 unspecified atom stereocenters. The zero-order valence-electron chi connectivity index (χ0n) is 15.8. The van der Waals surface area contributed by atoms with Crippen LogP contribution in [0.5, 0.6) is 5.75 Å². The van der Waals surface area contributed by atoms with Crippen molar-refractivity contribution in [2.75, 3.05) is 31.1 Å². The predicted octanol–water partition coefficient (Wildman–Crippen LogP) is 3.85. The first-order valence-corrected chi connectivity index (χ1v) is 10.4. The largest absolute Gasteiger partial charge is 0.478 e. The van der Waals surface area contributed by atoms with E-state index in [1.807, 2.05) is 10.3 Å². The van der Waals surface area contributed by atoms with Gasteiger partial charge >= 0.3 is 0 Å². The van der Waals surface area contributed by atoms with Crippen LogP contribution in [0.4, 0.5) is 5.82 Å². The number of thiophene rings is 1. The van der Waals surface area contributed by atoms with Gasteiger partial charge in [-0.05, 0) is 49.6 Å². The molecular weight excluding hydrogens is 396 g/mol. The van der Waals surface area contributed by atoms with Crippen LogP contribution in [0.2, 0.25) is 5.02 Å². The van der Waals surface area contributed by atoms with E-state index in [1.54, 1.807) is 55.8 Å². The molecule has 1 aromatic carbocycles. The van der Waals surface area contributed by atoms with Crippen LogP contribution < -0.4 is 9.64 Å². The third-order valence-electron chi connectivity index (χ3n) is 4.81. The second-order valence-corrected chi connectivity index (χ2v) is 8.51. The summed E-state index contributed by atoms with van der Waals surface area (Å²) < 4.78 is 5.95. The zero-order valence-corrected chi connectivity index (χ0v) is 17.3. The fraction of sp³-hybridized carbons (Fsp3) is 0.350. The van der Waals surface area contributed by atoms with Crippen molar-refractivity contribution in [1.29, 1.82) is 0 Å². The van der Waals surface area contributed by atoms with E-state index in [0.717, 1.165) is 29.1 Å². The summed E-state index contributed by atoms with van der Waals surface area (Å²) in [5, 5.41) is 3.73. The van der Waals surface area contributed by atoms with Crippen molar-refractivity contribution in [1.82, 2.24) is 14.9 Å². The number of aromatic nitrogens is 2. The van der Waals surface area contributed by atoms with E-state index in [0.29, 0.717) is 23.9 Å². The Morgan fingerprint density at radius 2 is 1.82 bits per heavy atom. The SMILES string of the molecule is CC(C)(Oc1ccc(Cl)cc1)C(=O)N1CCN(c2ncnc3sccc23)CC1. The smallest absolute Gasteiger partial charge is 0.266 e. The summed E-state index contributed by atoms with van der Waals surface area (Å²) in [5.41, 5.74) is -0.953. The highest BCUT2D eigenvalue weighted by Gasteiger charge is 2.36. The van der Waals surface area contributed by atoms with E-state index < -0.39 is 5.60 Å². The second-order valence-electron chi connectivity index (χ2n) is 7.18. The third-order valence-corrected chi connectivity index (χ3v) is 5.88. The molecule has 0 aliphatic carbocycles. The van der Waals surface area contributed by atoms with E-state index in [2.05, 4.69) is 20.9 Å². The van der Waals surface area contributed by atoms with Gasteiger partial charge in [-0.15, -0.1) is 11.3 Å². The molecule has 1 aliphatic rings. The van der Waals surface area contributed by atoms with Crippen molar-refractivity contribution in [2.45, 2.75) is 19.4 Å². The molecule has 0 radical (unpaired) electrons. The van der Waals surface area contributed by atoms with Crippen LogP contribution in [0, 0.1) is 0 Å². The number of rotatable bonds is 4. The van der Waals surface area contributed by atoms with Crippen molar-refractivity contribution in [2.24, 2.45) is 0 Å². The Hall–Kier alpha value is -2.38. The summed E-state index contributed by atoms with van der Waals surface area (Å²) in [6.45, 7) is 6.31. The number of amides is 1. The molecule has 146 valence electrons. The molecular formula is C20H21ClN4O2S. The number of carbonyl (C=O) groups is 1. The van der Waals surface area contributed by atoms with Crippen LogP contribution in [0.15, 0.2) is 42.0 Å². The van der Waals surface area contributed by atoms with Crippen LogP contribution in [-0.4, -0.2) is 52.6 Å². The topological polar surface area (TPSA) is 58.6 Å². The number of benzene rings is 1. The molecule has 1 fully saturated rings. The predicted molar refractivity (Wildman–Crippen MR) is 112 cm³/mol. The lowest BCUT2D eigenvalue weighted by molar-refractivity contribution is -0.145. The third kappa shape index (κ3) is 3.77. The van der Waals surface area contributed by atoms with Gasteiger partial charge in [0.2, 0.25) is 0 Å². The number of fused-ring (bicyclic) bond motifs is 1. The molecule has 28 heavy (non-hydrogen) atoms. The lowest BCUT2D eigenvalue weighted by atomic mass is 10.1. The number of ether oxygens (including phenoxy) is 1. The molecule has 2 aromatic heterocycles. The molecule has 8 heteroatoms. The first kappa shape index (κ1) is 19.0. The molecule has 1 aliphatic heterocycles. The Morgan fingerprint density at radius 3 is 2.54 bits per heavy atom. The van der Waals surface area contributed by atoms with Gasteiger partial charge in [0.05, 0.1) is 5.39 Å². The summed E-state index contributed by atoms with van der Waals surface area (Å²) in [6, 6.07) is 9.11. The molecule has 0 saturated carbocycles. The van der Waals surface area contributed by atoms with Crippen molar-refractivity contribution in [3.63, 3.8) is 0 Å². The first-order chi connectivity index (χ1) is 13.4. The summed E-state index contributed by atoms with van der Waals surface area (Å²) in [4.78, 5) is 26.9. The molecule has 1 amide bonds. The molecule has 0 atom stereocenters. The van der Waals surface area contributed by atoms with Gasteiger partial charge in [-0.3, -0.25) is 4.79 Å². The van der Waals surface area contributed by atoms with Gasteiger partial charge in [-0.2, -0.15) is 0 Å². The van der Waals surface area contributed by atoms with E-state index in [-0.39, 0.29) is 5.91 Å². The minimum atomic E-state index is -0.953. The Morgan fingerprint density at radius 1 is 1.11 bits per heavy atom. The van der Waals surface area contributed by atoms with Gasteiger partial charge < -0.3 is 14.5 Å². The minimum absolute atomic E-state index is 0.0227. The highest BCUT2D eigenvalue weighted by Crippen LogP contribution is 2.28. The number of anilines is 1. The van der Waals surface area contributed by atoms with Crippen LogP contribution >= 0.6 is 22.9 Å². The van der Waals surface area contributed by atoms with E-state index in [9.17, 15) is 4.79 Å². The zero-order chi connectivity index (χ0) is 19.7. The molecule has 1 saturated heterocycles. The summed E-state index contributed by atoms with van der Waals surface area (Å²) in [5.74, 6) is 1.54. The molecule has 6 nitrogen and oxygen atoms in total. The molecule has 3 aromatic rings. The van der Waals surface area contributed by atoms with E-state index in [1.165, 1.54) is 0 Å². The number of piperazine rings is 1. The van der Waals surface area contributed by atoms with Crippen LogP contribution in [0.3, 0.4) is 0 Å². The van der Waals surface area contributed by atoms with Gasteiger partial charge in [0.25, 0.3) is 5.91 Å². The number of hydrogen-bond acceptors (Lipinski definition) is 6. The van der Waals surface area contributed by atoms with Crippen molar-refractivity contribution in [3.05, 3.63) is 47.1 Å². The Balaban J connectivity index is 1.42. The molecule has 4 rings (SSSR count). The Labute approximate surface area is 172 Å². The first-order valence-electron chi connectivity index (χ1n) is 9.11. The Bertz CT molecular complexity index is 981. The lowest BCUT2D eigenvalue weighted by Crippen LogP contribution is -2.56. The molecule has 3 heterocycles. The number of halogens is 1.